The minimum atomic E-state index is -4.79. The molecule has 0 aliphatic carbocycles. The summed E-state index contributed by atoms with van der Waals surface area (Å²) in [5.41, 5.74) is 1.34. The number of alkyl halides is 3. The van der Waals surface area contributed by atoms with E-state index >= 15 is 0 Å². The van der Waals surface area contributed by atoms with E-state index in [4.69, 9.17) is 11.6 Å². The maximum atomic E-state index is 14.1. The molecular weight excluding hydrogens is 677 g/mol. The molecule has 5 aromatic carbocycles. The highest BCUT2D eigenvalue weighted by Crippen LogP contribution is 2.38. The smallest absolute Gasteiger partial charge is 0.354 e. The molecule has 0 saturated heterocycles. The summed E-state index contributed by atoms with van der Waals surface area (Å²) in [5, 5.41) is 8.73. The molecule has 7 nitrogen and oxygen atoms in total. The van der Waals surface area contributed by atoms with Gasteiger partial charge in [-0.2, -0.15) is 13.2 Å². The van der Waals surface area contributed by atoms with Crippen LogP contribution in [0.1, 0.15) is 43.6 Å². The van der Waals surface area contributed by atoms with Crippen molar-refractivity contribution in [3.63, 3.8) is 0 Å². The summed E-state index contributed by atoms with van der Waals surface area (Å²) in [6, 6.07) is 34.0. The molecule has 3 N–H and O–H groups in total. The van der Waals surface area contributed by atoms with E-state index in [2.05, 4.69) is 16.0 Å². The third-order valence-corrected chi connectivity index (χ3v) is 8.90. The van der Waals surface area contributed by atoms with E-state index in [9.17, 15) is 27.6 Å². The van der Waals surface area contributed by atoms with E-state index in [0.717, 1.165) is 11.6 Å². The fraction of sp³-hybridized carbons (Fsp3) is 0.125. The summed E-state index contributed by atoms with van der Waals surface area (Å²) in [6.45, 7) is 0.353. The minimum absolute atomic E-state index is 0.0399. The van der Waals surface area contributed by atoms with Gasteiger partial charge in [0, 0.05) is 24.7 Å². The number of fused-ring (bicyclic) bond motifs is 1. The Kier molecular flexibility index (Phi) is 10.2. The second-order valence-electron chi connectivity index (χ2n) is 11.8. The van der Waals surface area contributed by atoms with Crippen LogP contribution in [0.3, 0.4) is 0 Å². The van der Waals surface area contributed by atoms with E-state index < -0.39 is 41.1 Å². The summed E-state index contributed by atoms with van der Waals surface area (Å²) in [4.78, 5) is 40.9. The SMILES string of the molecule is Cn1c(C(=O)NC(C(=O)NCCc2ccccc2)c2ccccc2)c(Cl)c2cc(NC(=O)c3c(-c4ccccc4)cccc3C(F)(F)F)ccc21. The summed E-state index contributed by atoms with van der Waals surface area (Å²) in [6.07, 6.45) is -4.19. The van der Waals surface area contributed by atoms with Gasteiger partial charge in [0.15, 0.2) is 0 Å². The van der Waals surface area contributed by atoms with Gasteiger partial charge >= 0.3 is 6.18 Å². The first kappa shape index (κ1) is 35.0. The number of anilines is 1. The Labute approximate surface area is 297 Å². The predicted molar refractivity (Wildman–Crippen MR) is 193 cm³/mol. The normalized spacial score (nSPS) is 11.9. The van der Waals surface area contributed by atoms with Crippen molar-refractivity contribution >= 4 is 45.9 Å². The number of rotatable bonds is 10. The van der Waals surface area contributed by atoms with Gasteiger partial charge < -0.3 is 20.5 Å². The van der Waals surface area contributed by atoms with Crippen molar-refractivity contribution in [3.8, 4) is 11.1 Å². The van der Waals surface area contributed by atoms with E-state index in [1.54, 1.807) is 78.3 Å². The van der Waals surface area contributed by atoms with Crippen molar-refractivity contribution in [2.24, 2.45) is 7.05 Å². The van der Waals surface area contributed by atoms with Crippen molar-refractivity contribution in [1.82, 2.24) is 15.2 Å². The molecule has 0 saturated carbocycles. The zero-order valence-corrected chi connectivity index (χ0v) is 28.1. The highest BCUT2D eigenvalue weighted by Gasteiger charge is 2.37. The Morgan fingerprint density at radius 1 is 0.784 bits per heavy atom. The maximum Gasteiger partial charge on any atom is 0.417 e. The van der Waals surface area contributed by atoms with E-state index in [1.807, 2.05) is 30.3 Å². The first-order valence-electron chi connectivity index (χ1n) is 16.0. The quantitative estimate of drug-likeness (QED) is 0.133. The Hall–Kier alpha value is -5.87. The van der Waals surface area contributed by atoms with Crippen molar-refractivity contribution in [2.75, 3.05) is 11.9 Å². The third kappa shape index (κ3) is 7.66. The monoisotopic (exact) mass is 708 g/mol. The summed E-state index contributed by atoms with van der Waals surface area (Å²) < 4.78 is 44.0. The molecule has 0 radical (unpaired) electrons. The van der Waals surface area contributed by atoms with Gasteiger partial charge in [0.1, 0.15) is 11.7 Å². The topological polar surface area (TPSA) is 92.2 Å². The molecule has 1 aromatic heterocycles. The molecule has 51 heavy (non-hydrogen) atoms. The average molecular weight is 709 g/mol. The minimum Gasteiger partial charge on any atom is -0.354 e. The molecular formula is C40H32ClF3N4O3. The predicted octanol–water partition coefficient (Wildman–Crippen LogP) is 8.60. The fourth-order valence-corrected chi connectivity index (χ4v) is 6.40. The van der Waals surface area contributed by atoms with Crippen molar-refractivity contribution in [2.45, 2.75) is 18.6 Å². The van der Waals surface area contributed by atoms with Gasteiger partial charge in [-0.25, -0.2) is 0 Å². The third-order valence-electron chi connectivity index (χ3n) is 8.52. The number of benzene rings is 5. The molecule has 1 heterocycles. The molecule has 6 rings (SSSR count). The molecule has 258 valence electrons. The number of hydrogen-bond donors (Lipinski definition) is 3. The largest absolute Gasteiger partial charge is 0.417 e. The zero-order valence-electron chi connectivity index (χ0n) is 27.3. The van der Waals surface area contributed by atoms with Crippen LogP contribution in [0.15, 0.2) is 127 Å². The summed E-state index contributed by atoms with van der Waals surface area (Å²) in [7, 11) is 1.63. The number of nitrogens with one attached hydrogen (secondary N) is 3. The van der Waals surface area contributed by atoms with Gasteiger partial charge in [0.2, 0.25) is 5.91 Å². The molecule has 0 aliphatic rings. The second kappa shape index (κ2) is 14.9. The average Bonchev–Trinajstić information content (AvgIpc) is 3.39. The molecule has 0 fully saturated rings. The van der Waals surface area contributed by atoms with Crippen molar-refractivity contribution in [1.29, 1.82) is 0 Å². The Bertz CT molecular complexity index is 2210. The van der Waals surface area contributed by atoms with Crippen LogP contribution in [0.25, 0.3) is 22.0 Å². The van der Waals surface area contributed by atoms with Crippen LogP contribution < -0.4 is 16.0 Å². The van der Waals surface area contributed by atoms with Gasteiger partial charge in [0.25, 0.3) is 11.8 Å². The molecule has 0 bridgehead atoms. The lowest BCUT2D eigenvalue weighted by molar-refractivity contribution is -0.137. The molecule has 0 aliphatic heterocycles. The number of carbonyl (C=O) groups excluding carboxylic acids is 3. The fourth-order valence-electron chi connectivity index (χ4n) is 6.04. The van der Waals surface area contributed by atoms with Crippen LogP contribution in [-0.4, -0.2) is 28.8 Å². The number of carbonyl (C=O) groups is 3. The van der Waals surface area contributed by atoms with E-state index in [1.165, 1.54) is 24.3 Å². The number of amides is 3. The first-order chi connectivity index (χ1) is 24.5. The van der Waals surface area contributed by atoms with E-state index in [0.29, 0.717) is 35.0 Å². The van der Waals surface area contributed by atoms with Crippen molar-refractivity contribution in [3.05, 3.63) is 160 Å². The zero-order chi connectivity index (χ0) is 36.1. The molecule has 1 atom stereocenters. The molecule has 1 unspecified atom stereocenters. The van der Waals surface area contributed by atoms with Gasteiger partial charge in [-0.1, -0.05) is 115 Å². The Morgan fingerprint density at radius 3 is 2.10 bits per heavy atom. The maximum absolute atomic E-state index is 14.1. The lowest BCUT2D eigenvalue weighted by atomic mass is 9.94. The first-order valence-corrected chi connectivity index (χ1v) is 16.4. The number of halogens is 4. The van der Waals surface area contributed by atoms with Gasteiger partial charge in [0.05, 0.1) is 21.7 Å². The molecule has 6 aromatic rings. The van der Waals surface area contributed by atoms with Crippen LogP contribution in [0.4, 0.5) is 18.9 Å². The van der Waals surface area contributed by atoms with E-state index in [-0.39, 0.29) is 22.0 Å². The highest BCUT2D eigenvalue weighted by molar-refractivity contribution is 6.39. The molecule has 3 amide bonds. The van der Waals surface area contributed by atoms with Crippen LogP contribution in [0.5, 0.6) is 0 Å². The summed E-state index contributed by atoms with van der Waals surface area (Å²) >= 11 is 6.79. The number of hydrogen-bond acceptors (Lipinski definition) is 3. The van der Waals surface area contributed by atoms with Crippen LogP contribution >= 0.6 is 11.6 Å². The van der Waals surface area contributed by atoms with Gasteiger partial charge in [-0.05, 0) is 52.9 Å². The lowest BCUT2D eigenvalue weighted by Crippen LogP contribution is -2.41. The Balaban J connectivity index is 1.27. The van der Waals surface area contributed by atoms with Gasteiger partial charge in [-0.15, -0.1) is 0 Å². The van der Waals surface area contributed by atoms with Crippen LogP contribution in [0, 0.1) is 0 Å². The highest BCUT2D eigenvalue weighted by atomic mass is 35.5. The Morgan fingerprint density at radius 2 is 1.43 bits per heavy atom. The van der Waals surface area contributed by atoms with Crippen molar-refractivity contribution < 1.29 is 27.6 Å². The molecule has 11 heteroatoms. The van der Waals surface area contributed by atoms with Crippen LogP contribution in [-0.2, 0) is 24.4 Å². The second-order valence-corrected chi connectivity index (χ2v) is 12.2. The molecule has 0 spiro atoms. The number of nitrogens with zero attached hydrogens (tertiary/aromatic N) is 1. The number of aromatic nitrogens is 1. The number of aryl methyl sites for hydroxylation is 1. The standard InChI is InChI=1S/C40H32ClF3N4O3/c1-48-32-21-20-28(46-37(49)33-29(26-14-7-3-8-15-26)18-11-19-31(33)40(42,43)44)24-30(32)34(41)36(48)39(51)47-35(27-16-9-4-10-17-27)38(50)45-23-22-25-12-5-2-6-13-25/h2-21,24,35H,22-23H2,1H3,(H,45,50)(H,46,49)(H,47,51). The van der Waals surface area contributed by atoms with Gasteiger partial charge in [-0.3, -0.25) is 14.4 Å². The summed E-state index contributed by atoms with van der Waals surface area (Å²) in [5.74, 6) is -1.99. The lowest BCUT2D eigenvalue weighted by Gasteiger charge is -2.19. The van der Waals surface area contributed by atoms with Crippen LogP contribution in [0.2, 0.25) is 5.02 Å².